The molecule has 0 bridgehead atoms. The Labute approximate surface area is 90.9 Å². The normalized spacial score (nSPS) is 15.9. The molecular weight excluding hydrogens is 218 g/mol. The summed E-state index contributed by atoms with van der Waals surface area (Å²) < 4.78 is 25.0. The molecule has 2 N–H and O–H groups in total. The van der Waals surface area contributed by atoms with E-state index in [0.717, 1.165) is 0 Å². The molecule has 0 aromatic rings. The molecule has 0 aliphatic carbocycles. The molecule has 0 saturated heterocycles. The highest BCUT2D eigenvalue weighted by Crippen LogP contribution is 2.09. The van der Waals surface area contributed by atoms with Crippen molar-refractivity contribution in [3.8, 4) is 0 Å². The van der Waals surface area contributed by atoms with E-state index in [1.165, 1.54) is 0 Å². The van der Waals surface area contributed by atoms with Crippen molar-refractivity contribution < 1.29 is 18.3 Å². The van der Waals surface area contributed by atoms with Crippen LogP contribution in [0, 0.1) is 5.92 Å². The zero-order valence-corrected chi connectivity index (χ0v) is 10.2. The third-order valence-electron chi connectivity index (χ3n) is 2.26. The van der Waals surface area contributed by atoms with E-state index in [4.69, 9.17) is 5.11 Å². The number of hydrogen-bond acceptors (Lipinski definition) is 3. The predicted octanol–water partition coefficient (Wildman–Crippen LogP) is 0.815. The molecule has 15 heavy (non-hydrogen) atoms. The minimum atomic E-state index is -3.46. The van der Waals surface area contributed by atoms with Crippen LogP contribution in [0.3, 0.4) is 0 Å². The first-order valence-electron chi connectivity index (χ1n) is 5.06. The number of nitrogens with one attached hydrogen (secondary N) is 1. The van der Waals surface area contributed by atoms with E-state index in [9.17, 15) is 13.2 Å². The van der Waals surface area contributed by atoms with Gasteiger partial charge in [-0.1, -0.05) is 27.2 Å². The van der Waals surface area contributed by atoms with Gasteiger partial charge in [0.2, 0.25) is 10.0 Å². The Kier molecular flexibility index (Phi) is 5.82. The molecule has 2 atom stereocenters. The van der Waals surface area contributed by atoms with E-state index in [1.54, 1.807) is 13.8 Å². The third kappa shape index (κ3) is 5.13. The average molecular weight is 237 g/mol. The Balaban J connectivity index is 4.62. The Morgan fingerprint density at radius 1 is 1.40 bits per heavy atom. The zero-order valence-electron chi connectivity index (χ0n) is 9.36. The van der Waals surface area contributed by atoms with Crippen molar-refractivity contribution in [2.24, 2.45) is 5.92 Å². The van der Waals surface area contributed by atoms with Gasteiger partial charge in [-0.2, -0.15) is 0 Å². The summed E-state index contributed by atoms with van der Waals surface area (Å²) in [6.45, 7) is 5.28. The molecule has 0 rings (SSSR count). The fraction of sp³-hybridized carbons (Fsp3) is 0.889. The smallest absolute Gasteiger partial charge is 0.322 e. The molecule has 6 heteroatoms. The summed E-state index contributed by atoms with van der Waals surface area (Å²) in [4.78, 5) is 10.9. The zero-order chi connectivity index (χ0) is 12.1. The maximum absolute atomic E-state index is 11.4. The second kappa shape index (κ2) is 6.07. The van der Waals surface area contributed by atoms with Crippen LogP contribution in [0.1, 0.15) is 33.6 Å². The largest absolute Gasteiger partial charge is 0.480 e. The second-order valence-corrected chi connectivity index (χ2v) is 5.51. The molecule has 90 valence electrons. The summed E-state index contributed by atoms with van der Waals surface area (Å²) in [6.07, 6.45) is 1.09. The van der Waals surface area contributed by atoms with Gasteiger partial charge in [0.25, 0.3) is 0 Å². The number of sulfonamides is 1. The van der Waals surface area contributed by atoms with Gasteiger partial charge in [0.15, 0.2) is 0 Å². The maximum Gasteiger partial charge on any atom is 0.322 e. The fourth-order valence-corrected chi connectivity index (χ4v) is 2.54. The lowest BCUT2D eigenvalue weighted by atomic mass is 10.0. The van der Waals surface area contributed by atoms with Crippen LogP contribution < -0.4 is 4.72 Å². The van der Waals surface area contributed by atoms with Gasteiger partial charge in [-0.05, 0) is 12.3 Å². The minimum Gasteiger partial charge on any atom is -0.480 e. The number of hydrogen-bond donors (Lipinski definition) is 2. The highest BCUT2D eigenvalue weighted by atomic mass is 32.2. The third-order valence-corrected chi connectivity index (χ3v) is 3.82. The first-order chi connectivity index (χ1) is 6.84. The molecule has 0 fully saturated rings. The average Bonchev–Trinajstić information content (AvgIpc) is 2.12. The Morgan fingerprint density at radius 2 is 1.93 bits per heavy atom. The highest BCUT2D eigenvalue weighted by molar-refractivity contribution is 7.89. The number of carbonyl (C=O) groups is 1. The van der Waals surface area contributed by atoms with Gasteiger partial charge in [-0.15, -0.1) is 0 Å². The van der Waals surface area contributed by atoms with Crippen LogP contribution in [-0.4, -0.2) is 31.3 Å². The van der Waals surface area contributed by atoms with Crippen LogP contribution in [0.4, 0.5) is 0 Å². The summed E-state index contributed by atoms with van der Waals surface area (Å²) in [7, 11) is -3.46. The van der Waals surface area contributed by atoms with Gasteiger partial charge in [-0.3, -0.25) is 4.79 Å². The van der Waals surface area contributed by atoms with E-state index in [-0.39, 0.29) is 11.7 Å². The van der Waals surface area contributed by atoms with Crippen molar-refractivity contribution in [1.29, 1.82) is 0 Å². The molecule has 0 heterocycles. The molecule has 0 aliphatic rings. The van der Waals surface area contributed by atoms with E-state index in [2.05, 4.69) is 4.72 Å². The number of aliphatic carboxylic acids is 1. The summed E-state index contributed by atoms with van der Waals surface area (Å²) >= 11 is 0. The van der Waals surface area contributed by atoms with Crippen molar-refractivity contribution in [2.75, 3.05) is 5.75 Å². The summed E-state index contributed by atoms with van der Waals surface area (Å²) in [5.74, 6) is -1.37. The molecule has 0 aromatic heterocycles. The van der Waals surface area contributed by atoms with Crippen LogP contribution >= 0.6 is 0 Å². The van der Waals surface area contributed by atoms with Crippen molar-refractivity contribution in [3.05, 3.63) is 0 Å². The Morgan fingerprint density at radius 3 is 2.27 bits per heavy atom. The first-order valence-corrected chi connectivity index (χ1v) is 6.72. The summed E-state index contributed by atoms with van der Waals surface area (Å²) in [5, 5.41) is 8.88. The molecule has 0 spiro atoms. The van der Waals surface area contributed by atoms with Crippen molar-refractivity contribution in [3.63, 3.8) is 0 Å². The lowest BCUT2D eigenvalue weighted by molar-refractivity contribution is -0.140. The second-order valence-electron chi connectivity index (χ2n) is 3.64. The highest BCUT2D eigenvalue weighted by Gasteiger charge is 2.27. The van der Waals surface area contributed by atoms with Gasteiger partial charge in [-0.25, -0.2) is 13.1 Å². The molecule has 0 aliphatic heterocycles. The molecular formula is C9H19NO4S. The minimum absolute atomic E-state index is 0.0345. The monoisotopic (exact) mass is 237 g/mol. The van der Waals surface area contributed by atoms with Gasteiger partial charge in [0.05, 0.1) is 5.75 Å². The van der Waals surface area contributed by atoms with Crippen LogP contribution in [-0.2, 0) is 14.8 Å². The van der Waals surface area contributed by atoms with Gasteiger partial charge >= 0.3 is 5.97 Å². The van der Waals surface area contributed by atoms with Crippen LogP contribution in [0.25, 0.3) is 0 Å². The Hall–Kier alpha value is -0.620. The molecule has 2 unspecified atom stereocenters. The standard InChI is InChI=1S/C9H19NO4S/c1-4-6-15(13,14)10-8(9(11)12)7(3)5-2/h7-8,10H,4-6H2,1-3H3,(H,11,12). The van der Waals surface area contributed by atoms with Crippen molar-refractivity contribution >= 4 is 16.0 Å². The van der Waals surface area contributed by atoms with E-state index in [0.29, 0.717) is 12.8 Å². The Bertz CT molecular complexity index is 299. The van der Waals surface area contributed by atoms with Crippen molar-refractivity contribution in [1.82, 2.24) is 4.72 Å². The lowest BCUT2D eigenvalue weighted by Gasteiger charge is -2.19. The SMILES string of the molecule is CCCS(=O)(=O)NC(C(=O)O)C(C)CC. The van der Waals surface area contributed by atoms with E-state index >= 15 is 0 Å². The van der Waals surface area contributed by atoms with Crippen LogP contribution in [0.15, 0.2) is 0 Å². The summed E-state index contributed by atoms with van der Waals surface area (Å²) in [5.41, 5.74) is 0. The molecule has 5 nitrogen and oxygen atoms in total. The fourth-order valence-electron chi connectivity index (χ4n) is 1.17. The van der Waals surface area contributed by atoms with Crippen LogP contribution in [0.2, 0.25) is 0 Å². The predicted molar refractivity (Wildman–Crippen MR) is 58.1 cm³/mol. The van der Waals surface area contributed by atoms with Gasteiger partial charge in [0.1, 0.15) is 6.04 Å². The van der Waals surface area contributed by atoms with Gasteiger partial charge < -0.3 is 5.11 Å². The van der Waals surface area contributed by atoms with E-state index < -0.39 is 22.0 Å². The molecule has 0 aromatic carbocycles. The van der Waals surface area contributed by atoms with Gasteiger partial charge in [0, 0.05) is 0 Å². The quantitative estimate of drug-likeness (QED) is 0.686. The number of carboxylic acid groups (broad SMARTS) is 1. The molecule has 0 radical (unpaired) electrons. The maximum atomic E-state index is 11.4. The molecule has 0 amide bonds. The van der Waals surface area contributed by atoms with E-state index in [1.807, 2.05) is 6.92 Å². The first kappa shape index (κ1) is 14.4. The molecule has 0 saturated carbocycles. The lowest BCUT2D eigenvalue weighted by Crippen LogP contribution is -2.45. The summed E-state index contributed by atoms with van der Waals surface area (Å²) in [6, 6.07) is -1.02. The van der Waals surface area contributed by atoms with Crippen LogP contribution in [0.5, 0.6) is 0 Å². The van der Waals surface area contributed by atoms with Crippen molar-refractivity contribution in [2.45, 2.75) is 39.7 Å². The topological polar surface area (TPSA) is 83.5 Å². The number of carboxylic acids is 1. The number of rotatable bonds is 7.